The van der Waals surface area contributed by atoms with Gasteiger partial charge in [-0.1, -0.05) is 66.2 Å². The van der Waals surface area contributed by atoms with Crippen LogP contribution in [0.5, 0.6) is 0 Å². The fourth-order valence-electron chi connectivity index (χ4n) is 7.32. The number of amides is 8. The van der Waals surface area contributed by atoms with Gasteiger partial charge in [0.05, 0.1) is 12.6 Å². The van der Waals surface area contributed by atoms with E-state index >= 15 is 0 Å². The molecule has 71 heavy (non-hydrogen) atoms. The van der Waals surface area contributed by atoms with E-state index in [9.17, 15) is 43.2 Å². The van der Waals surface area contributed by atoms with Crippen molar-refractivity contribution in [3.05, 3.63) is 36.0 Å². The maximum atomic E-state index is 14.3. The number of carboxylic acids is 1. The van der Waals surface area contributed by atoms with Gasteiger partial charge in [0.2, 0.25) is 47.3 Å². The number of aromatic nitrogens is 1. The molecule has 18 N–H and O–H groups in total. The minimum absolute atomic E-state index is 0.000410. The second-order valence-corrected chi connectivity index (χ2v) is 18.5. The predicted octanol–water partition coefficient (Wildman–Crippen LogP) is -1.58. The Morgan fingerprint density at radius 2 is 1.27 bits per heavy atom. The van der Waals surface area contributed by atoms with Gasteiger partial charge in [-0.2, -0.15) is 0 Å². The van der Waals surface area contributed by atoms with E-state index in [2.05, 4.69) is 52.8 Å². The summed E-state index contributed by atoms with van der Waals surface area (Å²) in [5.41, 5.74) is 18.6. The molecule has 0 spiro atoms. The van der Waals surface area contributed by atoms with Crippen LogP contribution in [0.1, 0.15) is 99.0 Å². The molecule has 8 atom stereocenters. The summed E-state index contributed by atoms with van der Waals surface area (Å²) in [5.74, 6) is -8.11. The number of nitrogens with two attached hydrogens (primary N) is 3. The third kappa shape index (κ3) is 21.4. The van der Waals surface area contributed by atoms with Gasteiger partial charge >= 0.3 is 5.97 Å². The van der Waals surface area contributed by atoms with E-state index in [1.54, 1.807) is 20.0 Å². The Hall–Kier alpha value is -6.82. The number of unbranched alkanes of at least 4 members (excludes halogenated alkanes) is 1. The lowest BCUT2D eigenvalue weighted by molar-refractivity contribution is -0.138. The number of H-pyrrole nitrogens is 1. The zero-order valence-corrected chi connectivity index (χ0v) is 42.0. The number of carboxylic acid groups (broad SMARTS) is 1. The highest BCUT2D eigenvalue weighted by Gasteiger charge is 2.34. The van der Waals surface area contributed by atoms with E-state index < -0.39 is 115 Å². The standard InChI is InChI=1S/C47H78N14O10/c1-8-27(6)38(49)45(70)56-28(7)40(65)59-35(21-29-22-53-31-15-10-9-14-30(29)31)43(68)60-34(20-25(2)3)44(69)61-39(26(4)5)46(71)58-33(16-11-12-18-48)42(67)54-23-36(62)57-32(17-13-19-52-47(50)51)41(66)55-24-37(63)64/h9-10,14-15,22,25-28,32-35,38-39,53H,8,11-13,16-21,23-24,48-49H2,1-7H3,(H,54,67)(H,55,66)(H,56,70)(H,57,62)(H,58,71)(H,59,65)(H,60,68)(H,61,69)(H,63,64)(H4,50,51,52)/t27-,28-,32-,33-,34-,35-,38-,39-/m0/s1. The number of rotatable bonds is 32. The molecule has 2 rings (SSSR count). The summed E-state index contributed by atoms with van der Waals surface area (Å²) in [7, 11) is 0. The van der Waals surface area contributed by atoms with Crippen LogP contribution in [-0.4, -0.2) is 138 Å². The number of aromatic amines is 1. The molecule has 0 aliphatic heterocycles. The van der Waals surface area contributed by atoms with E-state index in [-0.39, 0.29) is 56.4 Å². The summed E-state index contributed by atoms with van der Waals surface area (Å²) in [6.45, 7) is 11.4. The molecule has 24 heteroatoms. The maximum absolute atomic E-state index is 14.3. The summed E-state index contributed by atoms with van der Waals surface area (Å²) >= 11 is 0. The summed E-state index contributed by atoms with van der Waals surface area (Å²) < 4.78 is 0. The first kappa shape index (κ1) is 60.3. The van der Waals surface area contributed by atoms with Crippen molar-refractivity contribution in [2.75, 3.05) is 26.2 Å². The van der Waals surface area contributed by atoms with Gasteiger partial charge in [-0.05, 0) is 81.4 Å². The van der Waals surface area contributed by atoms with Gasteiger partial charge in [-0.3, -0.25) is 48.6 Å². The zero-order chi connectivity index (χ0) is 53.4. The topological polar surface area (TPSA) is 400 Å². The molecule has 2 aromatic rings. The molecule has 1 aromatic carbocycles. The minimum Gasteiger partial charge on any atom is -0.480 e. The highest BCUT2D eigenvalue weighted by molar-refractivity contribution is 5.98. The van der Waals surface area contributed by atoms with Gasteiger partial charge in [0, 0.05) is 30.1 Å². The monoisotopic (exact) mass is 999 g/mol. The average molecular weight is 999 g/mol. The van der Waals surface area contributed by atoms with Crippen LogP contribution in [0, 0.1) is 23.2 Å². The highest BCUT2D eigenvalue weighted by atomic mass is 16.4. The van der Waals surface area contributed by atoms with Gasteiger partial charge in [-0.25, -0.2) is 0 Å². The second kappa shape index (κ2) is 30.7. The lowest BCUT2D eigenvalue weighted by atomic mass is 9.98. The van der Waals surface area contributed by atoms with Crippen molar-refractivity contribution < 1.29 is 48.3 Å². The van der Waals surface area contributed by atoms with Crippen LogP contribution in [0.25, 0.3) is 10.9 Å². The smallest absolute Gasteiger partial charge is 0.322 e. The fraction of sp³-hybridized carbons (Fsp3) is 0.617. The molecule has 396 valence electrons. The predicted molar refractivity (Wildman–Crippen MR) is 267 cm³/mol. The Labute approximate surface area is 414 Å². The highest BCUT2D eigenvalue weighted by Crippen LogP contribution is 2.20. The maximum Gasteiger partial charge on any atom is 0.322 e. The SMILES string of the molecule is CC[C@H](C)[C@H](N)C(=O)N[C@@H](C)C(=O)N[C@@H](Cc1c[nH]c2ccccc12)C(=O)N[C@@H](CC(C)C)C(=O)N[C@H](C(=O)N[C@@H](CCCCN)C(=O)NCC(=O)N[C@@H](CCCNC(=N)N)C(=O)NCC(=O)O)C(C)C. The first-order valence-corrected chi connectivity index (χ1v) is 24.2. The van der Waals surface area contributed by atoms with E-state index in [4.69, 9.17) is 27.7 Å². The number of nitrogens with one attached hydrogen (secondary N) is 11. The van der Waals surface area contributed by atoms with Crippen molar-refractivity contribution in [2.45, 2.75) is 142 Å². The van der Waals surface area contributed by atoms with Crippen LogP contribution in [0.15, 0.2) is 30.5 Å². The number of carbonyl (C=O) groups excluding carboxylic acids is 8. The van der Waals surface area contributed by atoms with Crippen LogP contribution in [0.4, 0.5) is 0 Å². The number of fused-ring (bicyclic) bond motifs is 1. The largest absolute Gasteiger partial charge is 0.480 e. The van der Waals surface area contributed by atoms with Gasteiger partial charge in [0.1, 0.15) is 42.8 Å². The van der Waals surface area contributed by atoms with Crippen LogP contribution in [-0.2, 0) is 49.6 Å². The molecule has 1 heterocycles. The minimum atomic E-state index is -1.30. The molecule has 8 amide bonds. The van der Waals surface area contributed by atoms with Crippen LogP contribution < -0.4 is 65.1 Å². The van der Waals surface area contributed by atoms with Crippen molar-refractivity contribution in [3.8, 4) is 0 Å². The Balaban J connectivity index is 2.30. The third-order valence-corrected chi connectivity index (χ3v) is 11.7. The lowest BCUT2D eigenvalue weighted by Crippen LogP contribution is -2.60. The van der Waals surface area contributed by atoms with Crippen molar-refractivity contribution in [1.82, 2.24) is 52.8 Å². The molecule has 0 radical (unpaired) electrons. The Kier molecular flexibility index (Phi) is 26.1. The van der Waals surface area contributed by atoms with E-state index in [0.717, 1.165) is 10.9 Å². The molecule has 0 aliphatic rings. The van der Waals surface area contributed by atoms with Crippen molar-refractivity contribution in [2.24, 2.45) is 35.0 Å². The van der Waals surface area contributed by atoms with Gasteiger partial charge in [-0.15, -0.1) is 0 Å². The normalized spacial score (nSPS) is 14.6. The molecule has 0 unspecified atom stereocenters. The van der Waals surface area contributed by atoms with E-state index in [1.807, 2.05) is 52.0 Å². The summed E-state index contributed by atoms with van der Waals surface area (Å²) in [5, 5.41) is 40.4. The third-order valence-electron chi connectivity index (χ3n) is 11.7. The number of benzene rings is 1. The number of guanidine groups is 1. The summed E-state index contributed by atoms with van der Waals surface area (Å²) in [4.78, 5) is 123. The molecule has 0 saturated carbocycles. The summed E-state index contributed by atoms with van der Waals surface area (Å²) in [6, 6.07) is -0.603. The molecule has 0 fully saturated rings. The van der Waals surface area contributed by atoms with Crippen molar-refractivity contribution >= 4 is 70.1 Å². The summed E-state index contributed by atoms with van der Waals surface area (Å²) in [6.07, 6.45) is 3.77. The quantitative estimate of drug-likeness (QED) is 0.0224. The molecular weight excluding hydrogens is 921 g/mol. The van der Waals surface area contributed by atoms with Gasteiger partial charge in [0.15, 0.2) is 5.96 Å². The molecule has 0 saturated heterocycles. The lowest BCUT2D eigenvalue weighted by Gasteiger charge is -2.29. The number of para-hydroxylation sites is 1. The Morgan fingerprint density at radius 3 is 1.87 bits per heavy atom. The zero-order valence-electron chi connectivity index (χ0n) is 42.0. The molecule has 0 aliphatic carbocycles. The van der Waals surface area contributed by atoms with E-state index in [0.29, 0.717) is 31.4 Å². The van der Waals surface area contributed by atoms with Crippen LogP contribution in [0.3, 0.4) is 0 Å². The van der Waals surface area contributed by atoms with Gasteiger partial charge < -0.3 is 75.1 Å². The molecular formula is C47H78N14O10. The Bertz CT molecular complexity index is 2130. The average Bonchev–Trinajstić information content (AvgIpc) is 3.72. The van der Waals surface area contributed by atoms with E-state index in [1.165, 1.54) is 6.92 Å². The molecule has 1 aromatic heterocycles. The first-order valence-electron chi connectivity index (χ1n) is 24.2. The van der Waals surface area contributed by atoms with Crippen LogP contribution in [0.2, 0.25) is 0 Å². The van der Waals surface area contributed by atoms with Crippen LogP contribution >= 0.6 is 0 Å². The molecule has 24 nitrogen and oxygen atoms in total. The molecule has 0 bridgehead atoms. The number of aliphatic carboxylic acids is 1. The Morgan fingerprint density at radius 1 is 0.676 bits per heavy atom. The van der Waals surface area contributed by atoms with Crippen molar-refractivity contribution in [3.63, 3.8) is 0 Å². The number of hydrogen-bond acceptors (Lipinski definition) is 12. The number of hydrogen-bond donors (Lipinski definition) is 15. The van der Waals surface area contributed by atoms with Gasteiger partial charge in [0.25, 0.3) is 0 Å². The fourth-order valence-corrected chi connectivity index (χ4v) is 7.32. The number of carbonyl (C=O) groups is 9. The first-order chi connectivity index (χ1) is 33.5. The second-order valence-electron chi connectivity index (χ2n) is 18.5. The van der Waals surface area contributed by atoms with Crippen molar-refractivity contribution in [1.29, 1.82) is 5.41 Å².